The summed E-state index contributed by atoms with van der Waals surface area (Å²) in [5.74, 6) is -1.08. The Hall–Kier alpha value is -3.88. The number of hydrogen-bond acceptors (Lipinski definition) is 7. The minimum absolute atomic E-state index is 0.247. The first-order valence-corrected chi connectivity index (χ1v) is 10.5. The van der Waals surface area contributed by atoms with Crippen molar-refractivity contribution in [3.8, 4) is 11.5 Å². The summed E-state index contributed by atoms with van der Waals surface area (Å²) in [6.45, 7) is 1.74. The summed E-state index contributed by atoms with van der Waals surface area (Å²) in [6, 6.07) is 8.97. The van der Waals surface area contributed by atoms with Crippen molar-refractivity contribution in [1.82, 2.24) is 9.80 Å². The number of esters is 1. The minimum Gasteiger partial charge on any atom is -0.493 e. The van der Waals surface area contributed by atoms with Gasteiger partial charge in [0.1, 0.15) is 6.04 Å². The van der Waals surface area contributed by atoms with E-state index in [9.17, 15) is 19.2 Å². The van der Waals surface area contributed by atoms with Crippen LogP contribution in [0.5, 0.6) is 11.5 Å². The normalized spacial score (nSPS) is 15.6. The highest BCUT2D eigenvalue weighted by Gasteiger charge is 2.41. The molecule has 2 aromatic rings. The van der Waals surface area contributed by atoms with E-state index in [1.165, 1.54) is 19.1 Å². The standard InChI is InChI=1S/C24H24N2O7/c1-14(26-22(28)17-6-4-5-7-18(17)23(26)29)24(30)33-13-21(27)25-9-8-15-10-19(31-2)20(32-3)11-16(15)12-25/h4-7,10-11,14H,8-9,12-13H2,1-3H3/t14-/m0/s1. The summed E-state index contributed by atoms with van der Waals surface area (Å²) in [5.41, 5.74) is 2.49. The quantitative estimate of drug-likeness (QED) is 0.487. The van der Waals surface area contributed by atoms with Crippen LogP contribution in [-0.4, -0.2) is 66.9 Å². The van der Waals surface area contributed by atoms with Gasteiger partial charge in [0.05, 0.1) is 25.3 Å². The van der Waals surface area contributed by atoms with Gasteiger partial charge in [-0.3, -0.25) is 19.3 Å². The first-order valence-electron chi connectivity index (χ1n) is 10.5. The van der Waals surface area contributed by atoms with Gasteiger partial charge in [-0.15, -0.1) is 0 Å². The Morgan fingerprint density at radius 1 is 0.970 bits per heavy atom. The Morgan fingerprint density at radius 2 is 1.55 bits per heavy atom. The molecule has 2 aromatic carbocycles. The first kappa shape index (κ1) is 22.3. The van der Waals surface area contributed by atoms with Gasteiger partial charge in [0, 0.05) is 13.1 Å². The highest BCUT2D eigenvalue weighted by molar-refractivity contribution is 6.22. The Kier molecular flexibility index (Phi) is 6.04. The van der Waals surface area contributed by atoms with Crippen molar-refractivity contribution in [3.63, 3.8) is 0 Å². The molecule has 9 heteroatoms. The third-order valence-electron chi connectivity index (χ3n) is 5.96. The van der Waals surface area contributed by atoms with Gasteiger partial charge in [0.2, 0.25) is 0 Å². The van der Waals surface area contributed by atoms with Crippen LogP contribution in [-0.2, 0) is 27.3 Å². The lowest BCUT2D eigenvalue weighted by Crippen LogP contribution is -2.45. The predicted molar refractivity (Wildman–Crippen MR) is 116 cm³/mol. The molecule has 4 rings (SSSR count). The van der Waals surface area contributed by atoms with Crippen LogP contribution in [0.4, 0.5) is 0 Å². The number of hydrogen-bond donors (Lipinski definition) is 0. The van der Waals surface area contributed by atoms with Gasteiger partial charge in [-0.1, -0.05) is 12.1 Å². The smallest absolute Gasteiger partial charge is 0.329 e. The molecule has 2 aliphatic rings. The van der Waals surface area contributed by atoms with Crippen molar-refractivity contribution in [3.05, 3.63) is 58.7 Å². The summed E-state index contributed by atoms with van der Waals surface area (Å²) in [4.78, 5) is 52.8. The molecule has 0 saturated carbocycles. The van der Waals surface area contributed by atoms with Gasteiger partial charge in [0.15, 0.2) is 18.1 Å². The highest BCUT2D eigenvalue weighted by Crippen LogP contribution is 2.33. The topological polar surface area (TPSA) is 102 Å². The van der Waals surface area contributed by atoms with E-state index in [0.29, 0.717) is 31.0 Å². The van der Waals surface area contributed by atoms with Crippen LogP contribution in [0.25, 0.3) is 0 Å². The Labute approximate surface area is 190 Å². The lowest BCUT2D eigenvalue weighted by Gasteiger charge is -2.29. The SMILES string of the molecule is COc1cc2c(cc1OC)CN(C(=O)COC(=O)[C@H](C)N1C(=O)c3ccccc3C1=O)CC2. The molecule has 0 N–H and O–H groups in total. The maximum atomic E-state index is 12.7. The summed E-state index contributed by atoms with van der Waals surface area (Å²) in [6.07, 6.45) is 0.626. The third kappa shape index (κ3) is 4.02. The molecule has 2 aliphatic heterocycles. The Bertz CT molecular complexity index is 1110. The minimum atomic E-state index is -1.15. The molecule has 0 unspecified atom stereocenters. The van der Waals surface area contributed by atoms with Gasteiger partial charge in [-0.2, -0.15) is 0 Å². The van der Waals surface area contributed by atoms with E-state index >= 15 is 0 Å². The number of amides is 3. The fourth-order valence-corrected chi connectivity index (χ4v) is 4.11. The highest BCUT2D eigenvalue weighted by atomic mass is 16.5. The summed E-state index contributed by atoms with van der Waals surface area (Å²) < 4.78 is 15.8. The second-order valence-corrected chi connectivity index (χ2v) is 7.85. The van der Waals surface area contributed by atoms with Gasteiger partial charge in [-0.25, -0.2) is 4.79 Å². The number of carbonyl (C=O) groups is 4. The number of nitrogens with zero attached hydrogens (tertiary/aromatic N) is 2. The fraction of sp³-hybridized carbons (Fsp3) is 0.333. The molecule has 1 atom stereocenters. The number of benzene rings is 2. The zero-order valence-corrected chi connectivity index (χ0v) is 18.6. The van der Waals surface area contributed by atoms with Crippen LogP contribution in [0, 0.1) is 0 Å². The van der Waals surface area contributed by atoms with Crippen molar-refractivity contribution in [1.29, 1.82) is 0 Å². The van der Waals surface area contributed by atoms with E-state index in [2.05, 4.69) is 0 Å². The van der Waals surface area contributed by atoms with Gasteiger partial charge in [-0.05, 0) is 48.7 Å². The molecule has 9 nitrogen and oxygen atoms in total. The average molecular weight is 452 g/mol. The van der Waals surface area contributed by atoms with E-state index in [1.54, 1.807) is 31.3 Å². The second-order valence-electron chi connectivity index (χ2n) is 7.85. The van der Waals surface area contributed by atoms with Gasteiger partial charge >= 0.3 is 5.97 Å². The molecule has 0 aliphatic carbocycles. The van der Waals surface area contributed by atoms with Crippen LogP contribution in [0.1, 0.15) is 38.8 Å². The molecule has 0 radical (unpaired) electrons. The van der Waals surface area contributed by atoms with E-state index in [0.717, 1.165) is 16.0 Å². The number of ether oxygens (including phenoxy) is 3. The van der Waals surface area contributed by atoms with Crippen LogP contribution in [0.2, 0.25) is 0 Å². The largest absolute Gasteiger partial charge is 0.493 e. The van der Waals surface area contributed by atoms with Crippen molar-refractivity contribution in [2.24, 2.45) is 0 Å². The van der Waals surface area contributed by atoms with Gasteiger partial charge in [0.25, 0.3) is 17.7 Å². The zero-order chi connectivity index (χ0) is 23.7. The van der Waals surface area contributed by atoms with Crippen molar-refractivity contribution in [2.75, 3.05) is 27.4 Å². The Balaban J connectivity index is 1.37. The van der Waals surface area contributed by atoms with E-state index in [4.69, 9.17) is 14.2 Å². The van der Waals surface area contributed by atoms with E-state index < -0.39 is 30.4 Å². The third-order valence-corrected chi connectivity index (χ3v) is 5.96. The summed E-state index contributed by atoms with van der Waals surface area (Å²) >= 11 is 0. The molecule has 172 valence electrons. The number of rotatable bonds is 6. The second kappa shape index (κ2) is 8.93. The van der Waals surface area contributed by atoms with Crippen LogP contribution in [0.3, 0.4) is 0 Å². The molecular formula is C24H24N2O7. The maximum Gasteiger partial charge on any atom is 0.329 e. The lowest BCUT2D eigenvalue weighted by molar-refractivity contribution is -0.155. The van der Waals surface area contributed by atoms with Crippen LogP contribution < -0.4 is 9.47 Å². The van der Waals surface area contributed by atoms with Crippen molar-refractivity contribution < 1.29 is 33.4 Å². The van der Waals surface area contributed by atoms with Crippen LogP contribution >= 0.6 is 0 Å². The molecule has 2 heterocycles. The molecule has 33 heavy (non-hydrogen) atoms. The monoisotopic (exact) mass is 452 g/mol. The van der Waals surface area contributed by atoms with Crippen molar-refractivity contribution in [2.45, 2.75) is 25.9 Å². The number of carbonyl (C=O) groups excluding carboxylic acids is 4. The summed E-state index contributed by atoms with van der Waals surface area (Å²) in [7, 11) is 3.12. The van der Waals surface area contributed by atoms with Crippen LogP contribution in [0.15, 0.2) is 36.4 Å². The number of methoxy groups -OCH3 is 2. The van der Waals surface area contributed by atoms with E-state index in [1.807, 2.05) is 12.1 Å². The predicted octanol–water partition coefficient (Wildman–Crippen LogP) is 1.82. The molecular weight excluding hydrogens is 428 g/mol. The summed E-state index contributed by atoms with van der Waals surface area (Å²) in [5, 5.41) is 0. The Morgan fingerprint density at radius 3 is 2.12 bits per heavy atom. The molecule has 0 spiro atoms. The van der Waals surface area contributed by atoms with Crippen molar-refractivity contribution >= 4 is 23.7 Å². The molecule has 0 saturated heterocycles. The van der Waals surface area contributed by atoms with E-state index in [-0.39, 0.29) is 17.0 Å². The first-order chi connectivity index (χ1) is 15.8. The fourth-order valence-electron chi connectivity index (χ4n) is 4.11. The molecule has 0 bridgehead atoms. The average Bonchev–Trinajstić information content (AvgIpc) is 3.10. The zero-order valence-electron chi connectivity index (χ0n) is 18.6. The number of fused-ring (bicyclic) bond motifs is 2. The molecule has 3 amide bonds. The van der Waals surface area contributed by atoms with Gasteiger partial charge < -0.3 is 19.1 Å². The maximum absolute atomic E-state index is 12.7. The molecule has 0 aromatic heterocycles. The lowest BCUT2D eigenvalue weighted by atomic mass is 9.99. The molecule has 0 fully saturated rings. The number of imide groups is 1.